The summed E-state index contributed by atoms with van der Waals surface area (Å²) in [5.41, 5.74) is -0.241. The van der Waals surface area contributed by atoms with E-state index in [0.717, 1.165) is 18.2 Å². The number of nitro groups is 1. The lowest BCUT2D eigenvalue weighted by Crippen LogP contribution is -2.05. The van der Waals surface area contributed by atoms with E-state index >= 15 is 0 Å². The smallest absolute Gasteiger partial charge is 0.339 e. The summed E-state index contributed by atoms with van der Waals surface area (Å²) in [5.74, 6) is -1.90. The van der Waals surface area contributed by atoms with Gasteiger partial charge in [-0.25, -0.2) is 9.18 Å². The maximum absolute atomic E-state index is 12.9. The lowest BCUT2D eigenvalue weighted by molar-refractivity contribution is -0.384. The first kappa shape index (κ1) is 15.7. The van der Waals surface area contributed by atoms with Gasteiger partial charge in [0.2, 0.25) is 0 Å². The van der Waals surface area contributed by atoms with E-state index in [9.17, 15) is 19.3 Å². The predicted octanol–water partition coefficient (Wildman–Crippen LogP) is 3.66. The van der Waals surface area contributed by atoms with Crippen LogP contribution in [0.5, 0.6) is 5.75 Å². The fraction of sp³-hybridized carbons (Fsp3) is 0.0714. The molecule has 0 spiro atoms. The summed E-state index contributed by atoms with van der Waals surface area (Å²) in [6, 6.07) is 6.94. The lowest BCUT2D eigenvalue weighted by atomic mass is 10.1. The van der Waals surface area contributed by atoms with E-state index in [4.69, 9.17) is 21.4 Å². The van der Waals surface area contributed by atoms with Crippen LogP contribution < -0.4 is 4.74 Å². The van der Waals surface area contributed by atoms with Crippen LogP contribution in [-0.2, 0) is 6.61 Å². The van der Waals surface area contributed by atoms with E-state index in [1.165, 1.54) is 18.2 Å². The number of carboxylic acid groups (broad SMARTS) is 1. The Morgan fingerprint density at radius 2 is 2.05 bits per heavy atom. The summed E-state index contributed by atoms with van der Waals surface area (Å²) in [4.78, 5) is 21.1. The molecule has 22 heavy (non-hydrogen) atoms. The molecule has 0 saturated carbocycles. The number of non-ortho nitro benzene ring substituents is 1. The molecule has 0 aromatic heterocycles. The average molecular weight is 326 g/mol. The Morgan fingerprint density at radius 1 is 1.32 bits per heavy atom. The molecular weight excluding hydrogens is 317 g/mol. The number of benzene rings is 2. The van der Waals surface area contributed by atoms with E-state index in [-0.39, 0.29) is 28.6 Å². The number of nitrogens with zero attached hydrogens (tertiary/aromatic N) is 1. The van der Waals surface area contributed by atoms with Crippen LogP contribution >= 0.6 is 11.6 Å². The fourth-order valence-corrected chi connectivity index (χ4v) is 1.94. The zero-order valence-corrected chi connectivity index (χ0v) is 11.7. The number of hydrogen-bond acceptors (Lipinski definition) is 4. The molecule has 2 aromatic carbocycles. The molecule has 0 bridgehead atoms. The lowest BCUT2D eigenvalue weighted by Gasteiger charge is -2.10. The highest BCUT2D eigenvalue weighted by atomic mass is 35.5. The second-order valence-corrected chi connectivity index (χ2v) is 4.67. The van der Waals surface area contributed by atoms with E-state index in [2.05, 4.69) is 0 Å². The van der Waals surface area contributed by atoms with Gasteiger partial charge in [0.15, 0.2) is 0 Å². The van der Waals surface area contributed by atoms with Crippen LogP contribution in [-0.4, -0.2) is 16.0 Å². The number of ether oxygens (including phenoxy) is 1. The molecule has 0 fully saturated rings. The fourth-order valence-electron chi connectivity index (χ4n) is 1.72. The molecule has 0 aliphatic heterocycles. The maximum atomic E-state index is 12.9. The minimum atomic E-state index is -1.36. The summed E-state index contributed by atoms with van der Waals surface area (Å²) in [7, 11) is 0. The monoisotopic (exact) mass is 325 g/mol. The van der Waals surface area contributed by atoms with Crippen LogP contribution in [0.2, 0.25) is 5.02 Å². The van der Waals surface area contributed by atoms with Gasteiger partial charge in [0.05, 0.1) is 9.95 Å². The Balaban J connectivity index is 2.25. The number of carboxylic acids is 1. The standard InChI is InChI=1S/C14H9ClFNO5/c15-12-5-9(16)2-1-8(12)7-22-13-4-3-10(17(20)21)6-11(13)14(18)19/h1-6H,7H2,(H,18,19). The quantitative estimate of drug-likeness (QED) is 0.669. The average Bonchev–Trinajstić information content (AvgIpc) is 2.46. The number of rotatable bonds is 5. The first-order valence-electron chi connectivity index (χ1n) is 5.97. The maximum Gasteiger partial charge on any atom is 0.339 e. The molecule has 2 rings (SSSR count). The van der Waals surface area contributed by atoms with Crippen molar-refractivity contribution >= 4 is 23.3 Å². The van der Waals surface area contributed by atoms with Gasteiger partial charge in [-0.05, 0) is 18.2 Å². The number of nitro benzene ring substituents is 1. The summed E-state index contributed by atoms with van der Waals surface area (Å²) >= 11 is 5.84. The predicted molar refractivity (Wildman–Crippen MR) is 75.8 cm³/mol. The van der Waals surface area contributed by atoms with Gasteiger partial charge in [-0.2, -0.15) is 0 Å². The summed E-state index contributed by atoms with van der Waals surface area (Å²) < 4.78 is 18.3. The minimum Gasteiger partial charge on any atom is -0.488 e. The third-order valence-electron chi connectivity index (χ3n) is 2.80. The Bertz CT molecular complexity index is 750. The highest BCUT2D eigenvalue weighted by molar-refractivity contribution is 6.31. The van der Waals surface area contributed by atoms with Crippen molar-refractivity contribution in [3.63, 3.8) is 0 Å². The van der Waals surface area contributed by atoms with Gasteiger partial charge in [-0.15, -0.1) is 0 Å². The molecular formula is C14H9ClFNO5. The molecule has 114 valence electrons. The Hall–Kier alpha value is -2.67. The summed E-state index contributed by atoms with van der Waals surface area (Å²) in [5, 5.41) is 19.9. The van der Waals surface area contributed by atoms with Gasteiger partial charge in [0.1, 0.15) is 23.7 Å². The largest absolute Gasteiger partial charge is 0.488 e. The zero-order valence-electron chi connectivity index (χ0n) is 11.0. The van der Waals surface area contributed by atoms with E-state index in [0.29, 0.717) is 5.56 Å². The van der Waals surface area contributed by atoms with Crippen LogP contribution in [0.3, 0.4) is 0 Å². The van der Waals surface area contributed by atoms with Crippen LogP contribution in [0.1, 0.15) is 15.9 Å². The zero-order chi connectivity index (χ0) is 16.3. The first-order valence-corrected chi connectivity index (χ1v) is 6.34. The normalized spacial score (nSPS) is 10.3. The van der Waals surface area contributed by atoms with Crippen LogP contribution in [0.4, 0.5) is 10.1 Å². The molecule has 8 heteroatoms. The van der Waals surface area contributed by atoms with Crippen LogP contribution in [0.25, 0.3) is 0 Å². The van der Waals surface area contributed by atoms with Crippen molar-refractivity contribution in [3.8, 4) is 5.75 Å². The van der Waals surface area contributed by atoms with Gasteiger partial charge in [-0.3, -0.25) is 10.1 Å². The minimum absolute atomic E-state index is 0.0431. The molecule has 2 aromatic rings. The third-order valence-corrected chi connectivity index (χ3v) is 3.15. The molecule has 0 heterocycles. The third kappa shape index (κ3) is 3.50. The number of carbonyl (C=O) groups is 1. The van der Waals surface area contributed by atoms with Gasteiger partial charge >= 0.3 is 5.97 Å². The van der Waals surface area contributed by atoms with Gasteiger partial charge in [0.25, 0.3) is 5.69 Å². The molecule has 6 nitrogen and oxygen atoms in total. The van der Waals surface area contributed by atoms with Crippen molar-refractivity contribution < 1.29 is 24.0 Å². The van der Waals surface area contributed by atoms with Crippen LogP contribution in [0.15, 0.2) is 36.4 Å². The molecule has 0 amide bonds. The van der Waals surface area contributed by atoms with Crippen molar-refractivity contribution in [2.75, 3.05) is 0 Å². The Labute approximate surface area is 128 Å². The van der Waals surface area contributed by atoms with Crippen molar-refractivity contribution in [1.29, 1.82) is 0 Å². The molecule has 0 saturated heterocycles. The number of hydrogen-bond donors (Lipinski definition) is 1. The van der Waals surface area contributed by atoms with Crippen molar-refractivity contribution in [2.45, 2.75) is 6.61 Å². The van der Waals surface area contributed by atoms with E-state index < -0.39 is 16.7 Å². The van der Waals surface area contributed by atoms with Crippen molar-refractivity contribution in [2.24, 2.45) is 0 Å². The van der Waals surface area contributed by atoms with E-state index in [1.807, 2.05) is 0 Å². The van der Waals surface area contributed by atoms with Crippen molar-refractivity contribution in [3.05, 3.63) is 68.5 Å². The summed E-state index contributed by atoms with van der Waals surface area (Å²) in [6.07, 6.45) is 0. The SMILES string of the molecule is O=C(O)c1cc([N+](=O)[O-])ccc1OCc1ccc(F)cc1Cl. The van der Waals surface area contributed by atoms with E-state index in [1.54, 1.807) is 0 Å². The molecule has 0 aliphatic rings. The van der Waals surface area contributed by atoms with Gasteiger partial charge < -0.3 is 9.84 Å². The number of halogens is 2. The van der Waals surface area contributed by atoms with Gasteiger partial charge in [0, 0.05) is 17.7 Å². The van der Waals surface area contributed by atoms with Crippen molar-refractivity contribution in [1.82, 2.24) is 0 Å². The highest BCUT2D eigenvalue weighted by Crippen LogP contribution is 2.26. The molecule has 0 unspecified atom stereocenters. The molecule has 1 N–H and O–H groups in total. The first-order chi connectivity index (χ1) is 10.4. The number of aromatic carboxylic acids is 1. The molecule has 0 atom stereocenters. The second-order valence-electron chi connectivity index (χ2n) is 4.27. The molecule has 0 aliphatic carbocycles. The Morgan fingerprint density at radius 3 is 2.64 bits per heavy atom. The topological polar surface area (TPSA) is 89.7 Å². The highest BCUT2D eigenvalue weighted by Gasteiger charge is 2.17. The van der Waals surface area contributed by atoms with Crippen LogP contribution in [0, 0.1) is 15.9 Å². The summed E-state index contributed by atoms with van der Waals surface area (Å²) in [6.45, 7) is -0.1000. The molecule has 0 radical (unpaired) electrons. The Kier molecular flexibility index (Phi) is 4.57. The second kappa shape index (κ2) is 6.40. The van der Waals surface area contributed by atoms with Gasteiger partial charge in [-0.1, -0.05) is 17.7 Å².